The molecule has 0 aliphatic carbocycles. The summed E-state index contributed by atoms with van der Waals surface area (Å²) >= 11 is 1.71. The van der Waals surface area contributed by atoms with E-state index in [1.54, 1.807) is 11.3 Å². The number of aryl methyl sites for hydroxylation is 1. The summed E-state index contributed by atoms with van der Waals surface area (Å²) in [4.78, 5) is 12.6. The fourth-order valence-corrected chi connectivity index (χ4v) is 4.02. The molecule has 2 aromatic rings. The number of rotatable bonds is 15. The number of hydrogen-bond donors (Lipinski definition) is 1. The highest BCUT2D eigenvalue weighted by molar-refractivity contribution is 7.09. The summed E-state index contributed by atoms with van der Waals surface area (Å²) < 4.78 is 5.80. The van der Waals surface area contributed by atoms with E-state index in [9.17, 15) is 9.90 Å². The highest BCUT2D eigenvalue weighted by atomic mass is 32.1. The lowest BCUT2D eigenvalue weighted by Gasteiger charge is -2.12. The smallest absolute Gasteiger partial charge is 0.306 e. The maximum atomic E-state index is 11.4. The zero-order valence-electron chi connectivity index (χ0n) is 17.1. The molecule has 0 spiro atoms. The first-order valence-corrected chi connectivity index (χ1v) is 11.5. The summed E-state index contributed by atoms with van der Waals surface area (Å²) in [5, 5.41) is 11.4. The summed E-state index contributed by atoms with van der Waals surface area (Å²) in [7, 11) is 0. The third-order valence-electron chi connectivity index (χ3n) is 5.16. The van der Waals surface area contributed by atoms with E-state index in [1.165, 1.54) is 23.3 Å². The first kappa shape index (κ1) is 22.5. The van der Waals surface area contributed by atoms with Crippen molar-refractivity contribution >= 4 is 17.3 Å². The Kier molecular flexibility index (Phi) is 10.7. The lowest BCUT2D eigenvalue weighted by molar-refractivity contribution is -0.142. The molecular formula is C24H34O3S. The van der Waals surface area contributed by atoms with Gasteiger partial charge in [0.05, 0.1) is 5.92 Å². The predicted molar refractivity (Wildman–Crippen MR) is 117 cm³/mol. The molecule has 28 heavy (non-hydrogen) atoms. The van der Waals surface area contributed by atoms with Crippen molar-refractivity contribution < 1.29 is 14.6 Å². The maximum Gasteiger partial charge on any atom is 0.306 e. The molecule has 1 heterocycles. The van der Waals surface area contributed by atoms with Gasteiger partial charge < -0.3 is 9.84 Å². The average molecular weight is 403 g/mol. The topological polar surface area (TPSA) is 46.5 Å². The molecule has 1 aromatic heterocycles. The Morgan fingerprint density at radius 3 is 2.32 bits per heavy atom. The number of hydrogen-bond acceptors (Lipinski definition) is 3. The molecule has 0 aliphatic rings. The van der Waals surface area contributed by atoms with Gasteiger partial charge in [-0.05, 0) is 54.8 Å². The summed E-state index contributed by atoms with van der Waals surface area (Å²) in [6.45, 7) is 2.81. The highest BCUT2D eigenvalue weighted by Gasteiger charge is 2.16. The molecule has 2 rings (SSSR count). The highest BCUT2D eigenvalue weighted by Crippen LogP contribution is 2.20. The van der Waals surface area contributed by atoms with Crippen molar-refractivity contribution in [2.24, 2.45) is 5.92 Å². The largest absolute Gasteiger partial charge is 0.488 e. The van der Waals surface area contributed by atoms with Crippen LogP contribution in [-0.2, 0) is 17.8 Å². The quantitative estimate of drug-likeness (QED) is 0.323. The Hall–Kier alpha value is -1.81. The molecule has 1 atom stereocenters. The molecule has 0 bridgehead atoms. The molecule has 0 aliphatic heterocycles. The van der Waals surface area contributed by atoms with Gasteiger partial charge in [-0.25, -0.2) is 0 Å². The number of aliphatic carboxylic acids is 1. The maximum absolute atomic E-state index is 11.4. The molecule has 0 amide bonds. The molecule has 1 unspecified atom stereocenters. The Morgan fingerprint density at radius 2 is 1.71 bits per heavy atom. The van der Waals surface area contributed by atoms with E-state index in [2.05, 4.69) is 30.5 Å². The third-order valence-corrected chi connectivity index (χ3v) is 6.01. The second-order valence-electron chi connectivity index (χ2n) is 7.50. The van der Waals surface area contributed by atoms with Gasteiger partial charge in [0, 0.05) is 4.88 Å². The second-order valence-corrected chi connectivity index (χ2v) is 8.53. The number of carboxylic acid groups (broad SMARTS) is 1. The minimum atomic E-state index is -0.616. The van der Waals surface area contributed by atoms with Crippen LogP contribution in [0.25, 0.3) is 0 Å². The van der Waals surface area contributed by atoms with Gasteiger partial charge in [-0.2, -0.15) is 0 Å². The van der Waals surface area contributed by atoms with Crippen molar-refractivity contribution in [2.45, 2.75) is 77.7 Å². The van der Waals surface area contributed by atoms with E-state index in [1.807, 2.05) is 18.2 Å². The summed E-state index contributed by atoms with van der Waals surface area (Å²) in [6.07, 6.45) is 10.5. The zero-order valence-corrected chi connectivity index (χ0v) is 17.9. The Morgan fingerprint density at radius 1 is 1.00 bits per heavy atom. The van der Waals surface area contributed by atoms with E-state index in [0.717, 1.165) is 57.1 Å². The Balaban J connectivity index is 1.59. The van der Waals surface area contributed by atoms with E-state index in [-0.39, 0.29) is 5.92 Å². The third kappa shape index (κ3) is 8.92. The lowest BCUT2D eigenvalue weighted by Crippen LogP contribution is -2.13. The van der Waals surface area contributed by atoms with Crippen LogP contribution in [-0.4, -0.2) is 11.1 Å². The van der Waals surface area contributed by atoms with Crippen LogP contribution in [0.5, 0.6) is 5.75 Å². The molecule has 1 N–H and O–H groups in total. The van der Waals surface area contributed by atoms with Crippen LogP contribution in [0.1, 0.15) is 75.2 Å². The number of carboxylic acids is 1. The van der Waals surface area contributed by atoms with Gasteiger partial charge in [0.2, 0.25) is 0 Å². The van der Waals surface area contributed by atoms with Gasteiger partial charge in [0.1, 0.15) is 12.4 Å². The SMILES string of the molecule is CCCCCCC(CCCCCc1ccc(OCc2cccs2)cc1)C(=O)O. The fourth-order valence-electron chi connectivity index (χ4n) is 3.41. The van der Waals surface area contributed by atoms with Crippen molar-refractivity contribution in [3.63, 3.8) is 0 Å². The van der Waals surface area contributed by atoms with Crippen molar-refractivity contribution in [1.82, 2.24) is 0 Å². The van der Waals surface area contributed by atoms with Crippen LogP contribution in [0, 0.1) is 5.92 Å². The molecule has 154 valence electrons. The summed E-state index contributed by atoms with van der Waals surface area (Å²) in [6, 6.07) is 12.5. The number of unbranched alkanes of at least 4 members (excludes halogenated alkanes) is 5. The minimum absolute atomic E-state index is 0.156. The number of thiophene rings is 1. The van der Waals surface area contributed by atoms with Gasteiger partial charge in [-0.1, -0.05) is 63.6 Å². The monoisotopic (exact) mass is 402 g/mol. The molecule has 4 heteroatoms. The standard InChI is InChI=1S/C24H34O3S/c1-2-3-4-7-11-21(24(25)26)12-8-5-6-10-20-14-16-22(17-15-20)27-19-23-13-9-18-28-23/h9,13-18,21H,2-8,10-12,19H2,1H3,(H,25,26). The summed E-state index contributed by atoms with van der Waals surface area (Å²) in [5.41, 5.74) is 1.32. The van der Waals surface area contributed by atoms with Crippen molar-refractivity contribution in [2.75, 3.05) is 0 Å². The number of carbonyl (C=O) groups is 1. The first-order valence-electron chi connectivity index (χ1n) is 10.7. The lowest BCUT2D eigenvalue weighted by atomic mass is 9.94. The molecule has 1 aromatic carbocycles. The van der Waals surface area contributed by atoms with Crippen molar-refractivity contribution in [3.8, 4) is 5.75 Å². The van der Waals surface area contributed by atoms with E-state index < -0.39 is 5.97 Å². The molecule has 3 nitrogen and oxygen atoms in total. The van der Waals surface area contributed by atoms with E-state index >= 15 is 0 Å². The molecule has 0 saturated carbocycles. The fraction of sp³-hybridized carbons (Fsp3) is 0.542. The van der Waals surface area contributed by atoms with Gasteiger partial charge in [-0.3, -0.25) is 4.79 Å². The minimum Gasteiger partial charge on any atom is -0.488 e. The van der Waals surface area contributed by atoms with Gasteiger partial charge >= 0.3 is 5.97 Å². The van der Waals surface area contributed by atoms with Crippen molar-refractivity contribution in [3.05, 3.63) is 52.2 Å². The van der Waals surface area contributed by atoms with Gasteiger partial charge in [-0.15, -0.1) is 11.3 Å². The van der Waals surface area contributed by atoms with Crippen LogP contribution < -0.4 is 4.74 Å². The average Bonchev–Trinajstić information content (AvgIpc) is 3.22. The van der Waals surface area contributed by atoms with E-state index in [4.69, 9.17) is 4.74 Å². The molecular weight excluding hydrogens is 368 g/mol. The number of ether oxygens (including phenoxy) is 1. The van der Waals surface area contributed by atoms with Crippen LogP contribution in [0.2, 0.25) is 0 Å². The molecule has 0 fully saturated rings. The predicted octanol–water partition coefficient (Wildman–Crippen LogP) is 7.10. The van der Waals surface area contributed by atoms with Crippen LogP contribution in [0.15, 0.2) is 41.8 Å². The Labute approximate surface area is 173 Å². The second kappa shape index (κ2) is 13.4. The van der Waals surface area contributed by atoms with Crippen LogP contribution >= 0.6 is 11.3 Å². The van der Waals surface area contributed by atoms with Crippen LogP contribution in [0.4, 0.5) is 0 Å². The summed E-state index contributed by atoms with van der Waals surface area (Å²) in [5.74, 6) is 0.135. The van der Waals surface area contributed by atoms with Crippen LogP contribution in [0.3, 0.4) is 0 Å². The number of benzene rings is 1. The van der Waals surface area contributed by atoms with E-state index in [0.29, 0.717) is 6.61 Å². The molecule has 0 saturated heterocycles. The zero-order chi connectivity index (χ0) is 20.0. The Bertz CT molecular complexity index is 649. The normalized spacial score (nSPS) is 12.0. The van der Waals surface area contributed by atoms with Gasteiger partial charge in [0.25, 0.3) is 0 Å². The molecule has 0 radical (unpaired) electrons. The van der Waals surface area contributed by atoms with Gasteiger partial charge in [0.15, 0.2) is 0 Å². The first-order chi connectivity index (χ1) is 13.7. The van der Waals surface area contributed by atoms with Crippen molar-refractivity contribution in [1.29, 1.82) is 0 Å².